The number of benzene rings is 2. The van der Waals surface area contributed by atoms with E-state index in [0.29, 0.717) is 5.02 Å². The van der Waals surface area contributed by atoms with E-state index >= 15 is 0 Å². The monoisotopic (exact) mass is 394 g/mol. The van der Waals surface area contributed by atoms with Crippen molar-refractivity contribution >= 4 is 21.7 Å². The van der Waals surface area contributed by atoms with Gasteiger partial charge in [-0.3, -0.25) is 4.18 Å². The maximum Gasteiger partial charge on any atom is 0.416 e. The van der Waals surface area contributed by atoms with Gasteiger partial charge in [-0.1, -0.05) is 23.7 Å². The fourth-order valence-corrected chi connectivity index (χ4v) is 3.21. The third kappa shape index (κ3) is 5.18. The van der Waals surface area contributed by atoms with Crippen molar-refractivity contribution in [2.24, 2.45) is 0 Å². The molecular formula is C16H14ClF3O4S. The van der Waals surface area contributed by atoms with Crippen LogP contribution < -0.4 is 0 Å². The number of rotatable bonds is 6. The molecule has 1 atom stereocenters. The molecule has 4 nitrogen and oxygen atoms in total. The van der Waals surface area contributed by atoms with Crippen LogP contribution in [0.3, 0.4) is 0 Å². The zero-order chi connectivity index (χ0) is 18.7. The number of methoxy groups -OCH3 is 1. The van der Waals surface area contributed by atoms with E-state index in [0.717, 1.165) is 24.3 Å². The van der Waals surface area contributed by atoms with E-state index in [4.69, 9.17) is 20.5 Å². The zero-order valence-electron chi connectivity index (χ0n) is 13.0. The molecule has 0 saturated carbocycles. The molecule has 25 heavy (non-hydrogen) atoms. The molecule has 0 amide bonds. The first-order chi connectivity index (χ1) is 11.6. The van der Waals surface area contributed by atoms with Crippen LogP contribution in [-0.2, 0) is 25.2 Å². The third-order valence-corrected chi connectivity index (χ3v) is 4.86. The van der Waals surface area contributed by atoms with Gasteiger partial charge in [0.05, 0.1) is 17.1 Å². The highest BCUT2D eigenvalue weighted by Crippen LogP contribution is 2.31. The summed E-state index contributed by atoms with van der Waals surface area (Å²) in [6, 6.07) is 9.35. The Bertz CT molecular complexity index is 803. The van der Waals surface area contributed by atoms with Crippen molar-refractivity contribution in [3.05, 3.63) is 64.7 Å². The van der Waals surface area contributed by atoms with Gasteiger partial charge in [0.25, 0.3) is 10.1 Å². The van der Waals surface area contributed by atoms with Crippen LogP contribution in [0, 0.1) is 0 Å². The first-order valence-corrected chi connectivity index (χ1v) is 8.77. The van der Waals surface area contributed by atoms with Gasteiger partial charge < -0.3 is 4.74 Å². The van der Waals surface area contributed by atoms with E-state index in [2.05, 4.69) is 0 Å². The van der Waals surface area contributed by atoms with Gasteiger partial charge in [-0.25, -0.2) is 0 Å². The van der Waals surface area contributed by atoms with Crippen molar-refractivity contribution in [2.75, 3.05) is 13.7 Å². The maximum absolute atomic E-state index is 12.6. The lowest BCUT2D eigenvalue weighted by atomic mass is 10.1. The Labute approximate surface area is 148 Å². The smallest absolute Gasteiger partial charge is 0.382 e. The molecule has 0 spiro atoms. The minimum absolute atomic E-state index is 0.120. The average molecular weight is 395 g/mol. The molecule has 0 heterocycles. The summed E-state index contributed by atoms with van der Waals surface area (Å²) in [5, 5.41) is 0.357. The first kappa shape index (κ1) is 19.7. The fourth-order valence-electron chi connectivity index (χ4n) is 2.03. The van der Waals surface area contributed by atoms with Crippen LogP contribution in [0.2, 0.25) is 5.02 Å². The van der Waals surface area contributed by atoms with Gasteiger partial charge in [-0.15, -0.1) is 0 Å². The quantitative estimate of drug-likeness (QED) is 0.679. The lowest BCUT2D eigenvalue weighted by Crippen LogP contribution is -2.17. The number of hydrogen-bond donors (Lipinski definition) is 0. The summed E-state index contributed by atoms with van der Waals surface area (Å²) in [5.41, 5.74) is -0.597. The van der Waals surface area contributed by atoms with Crippen LogP contribution >= 0.6 is 11.6 Å². The standard InChI is InChI=1S/C16H14ClF3O4S/c1-23-10-15(11-2-4-12(5-3-11)16(18,19)20)24-25(21,22)14-8-6-13(17)7-9-14/h2-9,15H,10H2,1H3. The molecule has 2 aromatic rings. The maximum atomic E-state index is 12.6. The van der Waals surface area contributed by atoms with E-state index < -0.39 is 28.0 Å². The molecule has 0 aliphatic heterocycles. The normalized spacial score (nSPS) is 13.6. The van der Waals surface area contributed by atoms with E-state index in [1.54, 1.807) is 0 Å². The lowest BCUT2D eigenvalue weighted by Gasteiger charge is -2.18. The highest BCUT2D eigenvalue weighted by molar-refractivity contribution is 7.86. The van der Waals surface area contributed by atoms with Crippen molar-refractivity contribution < 1.29 is 30.5 Å². The average Bonchev–Trinajstić information content (AvgIpc) is 2.54. The molecular weight excluding hydrogens is 381 g/mol. The van der Waals surface area contributed by atoms with Crippen LogP contribution in [0.5, 0.6) is 0 Å². The van der Waals surface area contributed by atoms with Crippen LogP contribution in [0.1, 0.15) is 17.2 Å². The highest BCUT2D eigenvalue weighted by atomic mass is 35.5. The van der Waals surface area contributed by atoms with E-state index in [9.17, 15) is 21.6 Å². The second kappa shape index (κ2) is 7.74. The topological polar surface area (TPSA) is 52.6 Å². The summed E-state index contributed by atoms with van der Waals surface area (Å²) in [5.74, 6) is 0. The zero-order valence-corrected chi connectivity index (χ0v) is 14.5. The van der Waals surface area contributed by atoms with Crippen LogP contribution in [0.15, 0.2) is 53.4 Å². The number of halogens is 4. The molecule has 0 fully saturated rings. The molecule has 9 heteroatoms. The molecule has 0 radical (unpaired) electrons. The van der Waals surface area contributed by atoms with Crippen LogP contribution in [-0.4, -0.2) is 22.1 Å². The predicted octanol–water partition coefficient (Wildman–Crippen LogP) is 4.45. The van der Waals surface area contributed by atoms with Gasteiger partial charge in [-0.2, -0.15) is 21.6 Å². The predicted molar refractivity (Wildman–Crippen MR) is 85.8 cm³/mol. The minimum Gasteiger partial charge on any atom is -0.382 e. The number of ether oxygens (including phenoxy) is 1. The highest BCUT2D eigenvalue weighted by Gasteiger charge is 2.31. The Morgan fingerprint density at radius 2 is 1.60 bits per heavy atom. The molecule has 0 N–H and O–H groups in total. The Morgan fingerprint density at radius 3 is 2.08 bits per heavy atom. The van der Waals surface area contributed by atoms with Crippen LogP contribution in [0.25, 0.3) is 0 Å². The van der Waals surface area contributed by atoms with Gasteiger partial charge in [0, 0.05) is 12.1 Å². The van der Waals surface area contributed by atoms with Gasteiger partial charge in [0.15, 0.2) is 0 Å². The molecule has 1 unspecified atom stereocenters. The van der Waals surface area contributed by atoms with Crippen molar-refractivity contribution in [1.82, 2.24) is 0 Å². The van der Waals surface area contributed by atoms with Crippen molar-refractivity contribution in [3.8, 4) is 0 Å². The van der Waals surface area contributed by atoms with Crippen molar-refractivity contribution in [3.63, 3.8) is 0 Å². The largest absolute Gasteiger partial charge is 0.416 e. The second-order valence-electron chi connectivity index (χ2n) is 5.07. The summed E-state index contributed by atoms with van der Waals surface area (Å²) >= 11 is 5.72. The van der Waals surface area contributed by atoms with E-state index in [1.807, 2.05) is 0 Å². The molecule has 0 aromatic heterocycles. The lowest BCUT2D eigenvalue weighted by molar-refractivity contribution is -0.137. The fraction of sp³-hybridized carbons (Fsp3) is 0.250. The molecule has 0 saturated heterocycles. The third-order valence-electron chi connectivity index (χ3n) is 3.27. The van der Waals surface area contributed by atoms with Gasteiger partial charge in [0.2, 0.25) is 0 Å². The molecule has 2 rings (SSSR count). The van der Waals surface area contributed by atoms with Crippen LogP contribution in [0.4, 0.5) is 13.2 Å². The summed E-state index contributed by atoms with van der Waals surface area (Å²) in [6.07, 6.45) is -5.57. The Kier molecular flexibility index (Phi) is 6.10. The molecule has 0 bridgehead atoms. The Balaban J connectivity index is 2.27. The van der Waals surface area contributed by atoms with E-state index in [-0.39, 0.29) is 17.1 Å². The van der Waals surface area contributed by atoms with Crippen molar-refractivity contribution in [1.29, 1.82) is 0 Å². The summed E-state index contributed by atoms with van der Waals surface area (Å²) in [7, 11) is -2.82. The Hall–Kier alpha value is -1.61. The number of hydrogen-bond acceptors (Lipinski definition) is 4. The van der Waals surface area contributed by atoms with Gasteiger partial charge in [-0.05, 0) is 42.0 Å². The van der Waals surface area contributed by atoms with E-state index in [1.165, 1.54) is 31.4 Å². The van der Waals surface area contributed by atoms with Gasteiger partial charge >= 0.3 is 6.18 Å². The summed E-state index contributed by atoms with van der Waals surface area (Å²) in [6.45, 7) is -0.155. The summed E-state index contributed by atoms with van der Waals surface area (Å²) < 4.78 is 72.6. The first-order valence-electron chi connectivity index (χ1n) is 6.98. The SMILES string of the molecule is COCC(OS(=O)(=O)c1ccc(Cl)cc1)c1ccc(C(F)(F)F)cc1. The molecule has 0 aliphatic rings. The summed E-state index contributed by atoms with van der Waals surface area (Å²) in [4.78, 5) is -0.120. The Morgan fingerprint density at radius 1 is 1.04 bits per heavy atom. The van der Waals surface area contributed by atoms with Gasteiger partial charge in [0.1, 0.15) is 6.10 Å². The molecule has 2 aromatic carbocycles. The number of alkyl halides is 3. The second-order valence-corrected chi connectivity index (χ2v) is 7.08. The minimum atomic E-state index is -4.48. The van der Waals surface area contributed by atoms with Crippen molar-refractivity contribution in [2.45, 2.75) is 17.2 Å². The molecule has 136 valence electrons. The molecule has 0 aliphatic carbocycles.